The lowest BCUT2D eigenvalue weighted by Crippen LogP contribution is -1.78. The van der Waals surface area contributed by atoms with E-state index in [1.807, 2.05) is 18.2 Å². The third-order valence-electron chi connectivity index (χ3n) is 0.915. The summed E-state index contributed by atoms with van der Waals surface area (Å²) in [5, 5.41) is 0. The molecule has 0 N–H and O–H groups in total. The number of carbonyl (C=O) groups excluding carboxylic acids is 1. The van der Waals surface area contributed by atoms with Gasteiger partial charge in [-0.25, -0.2) is 0 Å². The molecular weight excluding hydrogens is 148 g/mol. The Morgan fingerprint density at radius 1 is 1.30 bits per heavy atom. The summed E-state index contributed by atoms with van der Waals surface area (Å²) in [6, 6.07) is 9.08. The highest BCUT2D eigenvalue weighted by Crippen LogP contribution is 2.12. The lowest BCUT2D eigenvalue weighted by Gasteiger charge is -1.95. The normalized spacial score (nSPS) is 8.80. The van der Waals surface area contributed by atoms with Crippen LogP contribution in [-0.4, -0.2) is 5.62 Å². The quantitative estimate of drug-likeness (QED) is 0.619. The second-order valence-corrected chi connectivity index (χ2v) is 2.06. The molecule has 0 aliphatic carbocycles. The molecule has 0 spiro atoms. The summed E-state index contributed by atoms with van der Waals surface area (Å²) in [6.07, 6.45) is 0. The Morgan fingerprint density at radius 3 is 2.60 bits per heavy atom. The fourth-order valence-corrected chi connectivity index (χ4v) is 0.783. The first kappa shape index (κ1) is 7.15. The molecule has 0 unspecified atom stereocenters. The summed E-state index contributed by atoms with van der Waals surface area (Å²) >= 11 is 0.656. The highest BCUT2D eigenvalue weighted by Gasteiger charge is 1.89. The molecule has 0 saturated carbocycles. The zero-order valence-corrected chi connectivity index (χ0v) is 5.93. The van der Waals surface area contributed by atoms with Crippen molar-refractivity contribution in [1.29, 1.82) is 0 Å². The minimum atomic E-state index is 0.656. The Balaban J connectivity index is 2.50. The van der Waals surface area contributed by atoms with Crippen molar-refractivity contribution in [2.24, 2.45) is 0 Å². The summed E-state index contributed by atoms with van der Waals surface area (Å²) in [6.45, 7) is 0. The van der Waals surface area contributed by atoms with Crippen LogP contribution in [0.2, 0.25) is 0 Å². The van der Waals surface area contributed by atoms with E-state index in [1.165, 1.54) is 0 Å². The fourth-order valence-electron chi connectivity index (χ4n) is 0.541. The van der Waals surface area contributed by atoms with Crippen LogP contribution >= 0.6 is 12.0 Å². The molecule has 0 amide bonds. The molecule has 0 aliphatic rings. The maximum atomic E-state index is 9.69. The minimum Gasteiger partial charge on any atom is -0.417 e. The zero-order valence-electron chi connectivity index (χ0n) is 5.11. The largest absolute Gasteiger partial charge is 0.417 e. The van der Waals surface area contributed by atoms with Crippen LogP contribution in [0.1, 0.15) is 0 Å². The van der Waals surface area contributed by atoms with Crippen molar-refractivity contribution >= 4 is 17.7 Å². The van der Waals surface area contributed by atoms with E-state index in [0.29, 0.717) is 17.8 Å². The molecule has 0 atom stereocenters. The van der Waals surface area contributed by atoms with Gasteiger partial charge in [-0.15, -0.1) is 0 Å². The predicted octanol–water partition coefficient (Wildman–Crippen LogP) is 1.78. The van der Waals surface area contributed by atoms with Gasteiger partial charge in [0.15, 0.2) is 0 Å². The molecule has 1 aromatic rings. The molecule has 1 rings (SSSR count). The van der Waals surface area contributed by atoms with Gasteiger partial charge in [-0.2, -0.15) is 0 Å². The zero-order chi connectivity index (χ0) is 7.23. The van der Waals surface area contributed by atoms with Crippen LogP contribution < -0.4 is 4.18 Å². The van der Waals surface area contributed by atoms with Crippen LogP contribution in [0.4, 0.5) is 0 Å². The summed E-state index contributed by atoms with van der Waals surface area (Å²) < 4.78 is 4.85. The first-order valence-electron chi connectivity index (χ1n) is 2.69. The SMILES string of the molecule is O=[C]SOc1ccccc1. The van der Waals surface area contributed by atoms with Crippen molar-refractivity contribution < 1.29 is 8.98 Å². The molecule has 0 aliphatic heterocycles. The van der Waals surface area contributed by atoms with Crippen LogP contribution in [0.25, 0.3) is 0 Å². The molecule has 1 radical (unpaired) electrons. The predicted molar refractivity (Wildman–Crippen MR) is 40.4 cm³/mol. The van der Waals surface area contributed by atoms with E-state index in [4.69, 9.17) is 4.18 Å². The number of hydrogen-bond acceptors (Lipinski definition) is 3. The van der Waals surface area contributed by atoms with E-state index in [9.17, 15) is 4.79 Å². The molecule has 2 nitrogen and oxygen atoms in total. The topological polar surface area (TPSA) is 26.3 Å². The van der Waals surface area contributed by atoms with Gasteiger partial charge in [0, 0.05) is 0 Å². The maximum absolute atomic E-state index is 9.69. The molecule has 1 aromatic carbocycles. The molecule has 10 heavy (non-hydrogen) atoms. The van der Waals surface area contributed by atoms with Crippen molar-refractivity contribution in [2.75, 3.05) is 0 Å². The number of rotatable bonds is 3. The van der Waals surface area contributed by atoms with Gasteiger partial charge in [0.05, 0.1) is 0 Å². The Labute approximate surface area is 63.4 Å². The smallest absolute Gasteiger partial charge is 0.308 e. The summed E-state index contributed by atoms with van der Waals surface area (Å²) in [5.74, 6) is 0.663. The third kappa shape index (κ3) is 2.11. The van der Waals surface area contributed by atoms with Crippen LogP contribution in [0.15, 0.2) is 30.3 Å². The molecule has 3 heteroatoms. The van der Waals surface area contributed by atoms with Gasteiger partial charge in [-0.05, 0) is 12.1 Å². The Bertz CT molecular complexity index is 198. The summed E-state index contributed by atoms with van der Waals surface area (Å²) in [4.78, 5) is 9.69. The molecule has 0 fully saturated rings. The second-order valence-electron chi connectivity index (χ2n) is 1.56. The molecule has 0 saturated heterocycles. The van der Waals surface area contributed by atoms with Crippen molar-refractivity contribution in [2.45, 2.75) is 0 Å². The Hall–Kier alpha value is -0.960. The van der Waals surface area contributed by atoms with Crippen LogP contribution in [0.3, 0.4) is 0 Å². The van der Waals surface area contributed by atoms with E-state index in [0.717, 1.165) is 0 Å². The molecular formula is C7H5O2S. The lowest BCUT2D eigenvalue weighted by molar-refractivity contribution is 0.565. The van der Waals surface area contributed by atoms with E-state index >= 15 is 0 Å². The van der Waals surface area contributed by atoms with E-state index < -0.39 is 0 Å². The second kappa shape index (κ2) is 3.95. The van der Waals surface area contributed by atoms with E-state index in [-0.39, 0.29) is 0 Å². The van der Waals surface area contributed by atoms with Crippen molar-refractivity contribution in [3.8, 4) is 5.75 Å². The van der Waals surface area contributed by atoms with Gasteiger partial charge in [-0.3, -0.25) is 4.79 Å². The molecule has 0 heterocycles. The van der Waals surface area contributed by atoms with E-state index in [2.05, 4.69) is 0 Å². The van der Waals surface area contributed by atoms with Crippen molar-refractivity contribution in [3.05, 3.63) is 30.3 Å². The highest BCUT2D eigenvalue weighted by molar-refractivity contribution is 8.08. The standard InChI is InChI=1S/C7H5O2S/c8-6-10-9-7-4-2-1-3-5-7/h1-5H. The lowest BCUT2D eigenvalue weighted by atomic mass is 10.3. The first-order chi connectivity index (χ1) is 4.93. The highest BCUT2D eigenvalue weighted by atomic mass is 32.2. The summed E-state index contributed by atoms with van der Waals surface area (Å²) in [7, 11) is 0. The Morgan fingerprint density at radius 2 is 2.00 bits per heavy atom. The van der Waals surface area contributed by atoms with E-state index in [1.54, 1.807) is 17.8 Å². The average Bonchev–Trinajstić information content (AvgIpc) is 2.03. The van der Waals surface area contributed by atoms with Gasteiger partial charge in [0.1, 0.15) is 17.8 Å². The van der Waals surface area contributed by atoms with Crippen molar-refractivity contribution in [1.82, 2.24) is 0 Å². The summed E-state index contributed by atoms with van der Waals surface area (Å²) in [5.41, 5.74) is 1.56. The van der Waals surface area contributed by atoms with Gasteiger partial charge in [0.25, 0.3) is 0 Å². The van der Waals surface area contributed by atoms with Gasteiger partial charge in [0.2, 0.25) is 0 Å². The van der Waals surface area contributed by atoms with Crippen molar-refractivity contribution in [3.63, 3.8) is 0 Å². The van der Waals surface area contributed by atoms with Gasteiger partial charge >= 0.3 is 5.62 Å². The maximum Gasteiger partial charge on any atom is 0.308 e. The number of para-hydroxylation sites is 1. The molecule has 0 aromatic heterocycles. The van der Waals surface area contributed by atoms with Crippen LogP contribution in [0.5, 0.6) is 5.75 Å². The number of hydrogen-bond donors (Lipinski definition) is 0. The fraction of sp³-hybridized carbons (Fsp3) is 0. The monoisotopic (exact) mass is 153 g/mol. The Kier molecular flexibility index (Phi) is 2.83. The van der Waals surface area contributed by atoms with Gasteiger partial charge < -0.3 is 4.18 Å². The molecule has 51 valence electrons. The average molecular weight is 153 g/mol. The van der Waals surface area contributed by atoms with Gasteiger partial charge in [-0.1, -0.05) is 18.2 Å². The number of benzene rings is 1. The molecule has 0 bridgehead atoms. The van der Waals surface area contributed by atoms with Crippen LogP contribution in [0, 0.1) is 0 Å². The minimum absolute atomic E-state index is 0.656. The first-order valence-corrected chi connectivity index (χ1v) is 3.43. The van der Waals surface area contributed by atoms with Crippen LogP contribution in [-0.2, 0) is 4.79 Å². The third-order valence-corrected chi connectivity index (χ3v) is 1.26.